The van der Waals surface area contributed by atoms with E-state index in [4.69, 9.17) is 0 Å². The first-order valence-corrected chi connectivity index (χ1v) is 10.3. The summed E-state index contributed by atoms with van der Waals surface area (Å²) in [5.74, 6) is 0. The first-order valence-electron chi connectivity index (χ1n) is 8.83. The fraction of sp³-hybridized carbons (Fsp3) is 0.471. The van der Waals surface area contributed by atoms with Crippen LogP contribution >= 0.6 is 0 Å². The van der Waals surface area contributed by atoms with Crippen LogP contribution in [0.5, 0.6) is 0 Å². The zero-order chi connectivity index (χ0) is 22.2. The number of imidazole rings is 1. The van der Waals surface area contributed by atoms with Gasteiger partial charge in [0.15, 0.2) is 0 Å². The van der Waals surface area contributed by atoms with E-state index in [9.17, 15) is 34.8 Å². The Bertz CT molecular complexity index is 959. The molecule has 3 rings (SSSR count). The van der Waals surface area contributed by atoms with Crippen molar-refractivity contribution in [2.45, 2.75) is 43.7 Å². The van der Waals surface area contributed by atoms with E-state index in [1.165, 1.54) is 29.6 Å². The van der Waals surface area contributed by atoms with Crippen LogP contribution in [0.2, 0.25) is 0 Å². The lowest BCUT2D eigenvalue weighted by Gasteiger charge is -2.34. The molecule has 1 N–H and O–H groups in total. The largest absolute Gasteiger partial charge is 0.511 e. The van der Waals surface area contributed by atoms with Crippen molar-refractivity contribution in [3.8, 4) is 0 Å². The molecule has 1 aromatic carbocycles. The van der Waals surface area contributed by atoms with Gasteiger partial charge in [0.2, 0.25) is 0 Å². The molecule has 0 spiro atoms. The average molecular weight is 456 g/mol. The Morgan fingerprint density at radius 1 is 1.13 bits per heavy atom. The van der Waals surface area contributed by atoms with Crippen molar-refractivity contribution in [2.75, 3.05) is 11.4 Å². The van der Waals surface area contributed by atoms with Crippen LogP contribution in [0.15, 0.2) is 36.8 Å². The van der Waals surface area contributed by atoms with Gasteiger partial charge in [-0.15, -0.1) is 0 Å². The summed E-state index contributed by atoms with van der Waals surface area (Å²) in [6.07, 6.45) is -3.57. The Hall–Kier alpha value is -2.28. The maximum Gasteiger partial charge on any atom is 0.511 e. The molecule has 2 aromatic rings. The molecule has 0 saturated carbocycles. The number of hydrogen-bond acceptors (Lipinski definition) is 4. The first-order chi connectivity index (χ1) is 13.9. The number of benzene rings is 1. The molecule has 0 radical (unpaired) electrons. The Morgan fingerprint density at radius 3 is 2.43 bits per heavy atom. The van der Waals surface area contributed by atoms with E-state index in [-0.39, 0.29) is 16.4 Å². The lowest BCUT2D eigenvalue weighted by atomic mass is 10.1. The molecule has 13 heteroatoms. The summed E-state index contributed by atoms with van der Waals surface area (Å²) in [5, 5.41) is 0. The molecule has 0 unspecified atom stereocenters. The Kier molecular flexibility index (Phi) is 6.05. The summed E-state index contributed by atoms with van der Waals surface area (Å²) in [6, 6.07) is 4.99. The van der Waals surface area contributed by atoms with Crippen LogP contribution in [0.1, 0.15) is 24.1 Å². The highest BCUT2D eigenvalue weighted by Gasteiger charge is 2.51. The fourth-order valence-electron chi connectivity index (χ4n) is 3.39. The van der Waals surface area contributed by atoms with Crippen molar-refractivity contribution in [2.24, 2.45) is 0 Å². The number of nitrogens with one attached hydrogen (secondary N) is 1. The zero-order valence-corrected chi connectivity index (χ0v) is 16.2. The molecule has 0 aliphatic carbocycles. The van der Waals surface area contributed by atoms with Crippen LogP contribution in [0.4, 0.5) is 32.0 Å². The maximum atomic E-state index is 13.2. The second-order valence-electron chi connectivity index (χ2n) is 6.88. The van der Waals surface area contributed by atoms with Crippen molar-refractivity contribution in [1.82, 2.24) is 14.3 Å². The Balaban J connectivity index is 2.05. The SMILES string of the molecule is O=S(=O)(N1Cc2ccccc2N(Cc2cnc[nH]2)[C@H](CCC(F)(F)F)C1)C(F)(F)F. The van der Waals surface area contributed by atoms with Gasteiger partial charge < -0.3 is 9.88 Å². The number of anilines is 1. The molecule has 0 amide bonds. The molecule has 0 bridgehead atoms. The van der Waals surface area contributed by atoms with Crippen molar-refractivity contribution in [3.63, 3.8) is 0 Å². The molecule has 1 aliphatic heterocycles. The van der Waals surface area contributed by atoms with Crippen LogP contribution in [-0.2, 0) is 23.1 Å². The molecule has 6 nitrogen and oxygen atoms in total. The number of sulfonamides is 1. The Labute approximate surface area is 168 Å². The number of halogens is 6. The minimum absolute atomic E-state index is 0.0272. The predicted molar refractivity (Wildman–Crippen MR) is 95.7 cm³/mol. The van der Waals surface area contributed by atoms with Crippen LogP contribution in [-0.4, -0.2) is 47.0 Å². The van der Waals surface area contributed by atoms with Crippen molar-refractivity contribution >= 4 is 15.7 Å². The summed E-state index contributed by atoms with van der Waals surface area (Å²) in [5.41, 5.74) is -4.40. The van der Waals surface area contributed by atoms with Gasteiger partial charge in [0.25, 0.3) is 0 Å². The average Bonchev–Trinajstić information content (AvgIpc) is 3.08. The van der Waals surface area contributed by atoms with Gasteiger partial charge in [0.05, 0.1) is 18.6 Å². The molecule has 166 valence electrons. The standard InChI is InChI=1S/C17H18F6N4O2S/c18-16(19,20)6-5-14-10-26(30(28,29)17(21,22)23)8-12-3-1-2-4-15(12)27(14)9-13-7-24-11-25-13/h1-4,7,11,14H,5-6,8-10H2,(H,24,25)/t14-/m1/s1. The highest BCUT2D eigenvalue weighted by atomic mass is 32.2. The van der Waals surface area contributed by atoms with Crippen molar-refractivity contribution < 1.29 is 34.8 Å². The normalized spacial score (nSPS) is 18.9. The van der Waals surface area contributed by atoms with E-state index in [1.54, 1.807) is 12.1 Å². The summed E-state index contributed by atoms with van der Waals surface area (Å²) in [6.45, 7) is -1.31. The number of aromatic nitrogens is 2. The third-order valence-electron chi connectivity index (χ3n) is 4.79. The topological polar surface area (TPSA) is 69.3 Å². The van der Waals surface area contributed by atoms with E-state index < -0.39 is 53.7 Å². The van der Waals surface area contributed by atoms with Gasteiger partial charge in [-0.3, -0.25) is 0 Å². The molecule has 1 aliphatic rings. The molecule has 1 atom stereocenters. The van der Waals surface area contributed by atoms with Crippen LogP contribution < -0.4 is 4.90 Å². The van der Waals surface area contributed by atoms with Gasteiger partial charge in [-0.1, -0.05) is 18.2 Å². The Morgan fingerprint density at radius 2 is 1.83 bits per heavy atom. The predicted octanol–water partition coefficient (Wildman–Crippen LogP) is 3.79. The van der Waals surface area contributed by atoms with Crippen LogP contribution in [0.3, 0.4) is 0 Å². The number of fused-ring (bicyclic) bond motifs is 1. The molecular weight excluding hydrogens is 438 g/mol. The van der Waals surface area contributed by atoms with Gasteiger partial charge in [-0.25, -0.2) is 13.4 Å². The van der Waals surface area contributed by atoms with E-state index in [0.29, 0.717) is 11.4 Å². The number of alkyl halides is 6. The second-order valence-corrected chi connectivity index (χ2v) is 8.81. The number of hydrogen-bond donors (Lipinski definition) is 1. The lowest BCUT2D eigenvalue weighted by Crippen LogP contribution is -2.47. The van der Waals surface area contributed by atoms with E-state index in [2.05, 4.69) is 9.97 Å². The highest BCUT2D eigenvalue weighted by molar-refractivity contribution is 7.89. The summed E-state index contributed by atoms with van der Waals surface area (Å²) in [4.78, 5) is 8.15. The number of rotatable bonds is 5. The number of aromatic amines is 1. The number of H-pyrrole nitrogens is 1. The van der Waals surface area contributed by atoms with Crippen LogP contribution in [0, 0.1) is 0 Å². The molecule has 30 heavy (non-hydrogen) atoms. The van der Waals surface area contributed by atoms with E-state index >= 15 is 0 Å². The molecule has 0 saturated heterocycles. The molecule has 1 aromatic heterocycles. The minimum atomic E-state index is -5.73. The molecule has 2 heterocycles. The number of para-hydroxylation sites is 1. The summed E-state index contributed by atoms with van der Waals surface area (Å²) in [7, 11) is -5.73. The molecular formula is C17H18F6N4O2S. The van der Waals surface area contributed by atoms with Gasteiger partial charge in [0.1, 0.15) is 0 Å². The fourth-order valence-corrected chi connectivity index (χ4v) is 4.36. The minimum Gasteiger partial charge on any atom is -0.361 e. The summed E-state index contributed by atoms with van der Waals surface area (Å²) < 4.78 is 103. The quantitative estimate of drug-likeness (QED) is 0.696. The lowest BCUT2D eigenvalue weighted by molar-refractivity contribution is -0.136. The highest BCUT2D eigenvalue weighted by Crippen LogP contribution is 2.36. The van der Waals surface area contributed by atoms with Crippen LogP contribution in [0.25, 0.3) is 0 Å². The van der Waals surface area contributed by atoms with E-state index in [1.807, 2.05) is 0 Å². The van der Waals surface area contributed by atoms with Gasteiger partial charge >= 0.3 is 21.7 Å². The van der Waals surface area contributed by atoms with Crippen molar-refractivity contribution in [3.05, 3.63) is 48.0 Å². The third kappa shape index (κ3) is 4.89. The smallest absolute Gasteiger partial charge is 0.361 e. The molecule has 0 fully saturated rings. The first kappa shape index (κ1) is 22.4. The zero-order valence-electron chi connectivity index (χ0n) is 15.4. The van der Waals surface area contributed by atoms with E-state index in [0.717, 1.165) is 0 Å². The maximum absolute atomic E-state index is 13.2. The van der Waals surface area contributed by atoms with Gasteiger partial charge in [0, 0.05) is 37.4 Å². The summed E-state index contributed by atoms with van der Waals surface area (Å²) >= 11 is 0. The monoisotopic (exact) mass is 456 g/mol. The van der Waals surface area contributed by atoms with Gasteiger partial charge in [-0.2, -0.15) is 30.6 Å². The number of nitrogens with zero attached hydrogens (tertiary/aromatic N) is 3. The third-order valence-corrected chi connectivity index (χ3v) is 6.33. The van der Waals surface area contributed by atoms with Crippen molar-refractivity contribution in [1.29, 1.82) is 0 Å². The van der Waals surface area contributed by atoms with Gasteiger partial charge in [-0.05, 0) is 18.1 Å². The second kappa shape index (κ2) is 8.10.